The number of carbonyl (C=O) groups excluding carboxylic acids is 1. The van der Waals surface area contributed by atoms with Crippen LogP contribution >= 0.6 is 11.8 Å². The van der Waals surface area contributed by atoms with Crippen molar-refractivity contribution in [2.75, 3.05) is 13.1 Å². The highest BCUT2D eigenvalue weighted by molar-refractivity contribution is 8.00. The SMILES string of the molecule is C[C@@H]1CCCN(C(=O)[C@@H](Sc2ccccc2)c2ccccc2)C1. The number of hydrogen-bond donors (Lipinski definition) is 0. The minimum absolute atomic E-state index is 0.163. The molecule has 1 aliphatic rings. The molecule has 1 saturated heterocycles. The van der Waals surface area contributed by atoms with Gasteiger partial charge in [-0.25, -0.2) is 0 Å². The van der Waals surface area contributed by atoms with Gasteiger partial charge in [-0.1, -0.05) is 55.5 Å². The number of carbonyl (C=O) groups is 1. The average molecular weight is 325 g/mol. The van der Waals surface area contributed by atoms with E-state index in [4.69, 9.17) is 0 Å². The molecule has 23 heavy (non-hydrogen) atoms. The van der Waals surface area contributed by atoms with E-state index >= 15 is 0 Å². The van der Waals surface area contributed by atoms with Crippen molar-refractivity contribution in [1.29, 1.82) is 0 Å². The third-order valence-electron chi connectivity index (χ3n) is 4.29. The van der Waals surface area contributed by atoms with Crippen LogP contribution in [0.5, 0.6) is 0 Å². The molecule has 0 N–H and O–H groups in total. The molecule has 1 heterocycles. The maximum Gasteiger partial charge on any atom is 0.240 e. The van der Waals surface area contributed by atoms with Crippen LogP contribution < -0.4 is 0 Å². The molecule has 0 radical (unpaired) electrons. The highest BCUT2D eigenvalue weighted by Gasteiger charge is 2.29. The fourth-order valence-corrected chi connectivity index (χ4v) is 4.21. The number of nitrogens with zero attached hydrogens (tertiary/aromatic N) is 1. The molecule has 0 saturated carbocycles. The Hall–Kier alpha value is -1.74. The molecular formula is C20H23NOS. The Morgan fingerprint density at radius 1 is 1.09 bits per heavy atom. The van der Waals surface area contributed by atoms with E-state index < -0.39 is 0 Å². The zero-order valence-electron chi connectivity index (χ0n) is 13.5. The monoisotopic (exact) mass is 325 g/mol. The van der Waals surface area contributed by atoms with E-state index in [0.29, 0.717) is 5.92 Å². The first-order valence-corrected chi connectivity index (χ1v) is 9.17. The first kappa shape index (κ1) is 16.1. The molecule has 3 heteroatoms. The molecule has 0 spiro atoms. The standard InChI is InChI=1S/C20H23NOS/c1-16-9-8-14-21(15-16)20(22)19(17-10-4-2-5-11-17)23-18-12-6-3-7-13-18/h2-7,10-13,16,19H,8-9,14-15H2,1H3/t16-,19+/m1/s1. The van der Waals surface area contributed by atoms with Crippen molar-refractivity contribution >= 4 is 17.7 Å². The lowest BCUT2D eigenvalue weighted by atomic mass is 9.99. The number of benzene rings is 2. The van der Waals surface area contributed by atoms with Gasteiger partial charge in [-0.15, -0.1) is 11.8 Å². The van der Waals surface area contributed by atoms with Gasteiger partial charge in [0.2, 0.25) is 5.91 Å². The maximum absolute atomic E-state index is 13.2. The molecule has 1 fully saturated rings. The van der Waals surface area contributed by atoms with Crippen molar-refractivity contribution < 1.29 is 4.79 Å². The zero-order valence-corrected chi connectivity index (χ0v) is 14.3. The molecule has 1 amide bonds. The second-order valence-electron chi connectivity index (χ2n) is 6.25. The van der Waals surface area contributed by atoms with Gasteiger partial charge in [0.1, 0.15) is 5.25 Å². The van der Waals surface area contributed by atoms with Crippen LogP contribution in [0.3, 0.4) is 0 Å². The number of hydrogen-bond acceptors (Lipinski definition) is 2. The van der Waals surface area contributed by atoms with Crippen molar-refractivity contribution in [3.63, 3.8) is 0 Å². The lowest BCUT2D eigenvalue weighted by Crippen LogP contribution is -2.41. The summed E-state index contributed by atoms with van der Waals surface area (Å²) in [5.41, 5.74) is 1.09. The van der Waals surface area contributed by atoms with Crippen molar-refractivity contribution in [1.82, 2.24) is 4.90 Å². The summed E-state index contributed by atoms with van der Waals surface area (Å²) >= 11 is 1.65. The second kappa shape index (κ2) is 7.69. The highest BCUT2D eigenvalue weighted by atomic mass is 32.2. The van der Waals surface area contributed by atoms with Crippen LogP contribution in [0.2, 0.25) is 0 Å². The van der Waals surface area contributed by atoms with Gasteiger partial charge in [0.15, 0.2) is 0 Å². The van der Waals surface area contributed by atoms with Gasteiger partial charge in [-0.05, 0) is 36.5 Å². The normalized spacial score (nSPS) is 19.3. The summed E-state index contributed by atoms with van der Waals surface area (Å²) in [6.07, 6.45) is 2.34. The second-order valence-corrected chi connectivity index (χ2v) is 7.43. The predicted molar refractivity (Wildman–Crippen MR) is 96.5 cm³/mol. The van der Waals surface area contributed by atoms with E-state index in [1.54, 1.807) is 11.8 Å². The fourth-order valence-electron chi connectivity index (χ4n) is 3.08. The van der Waals surface area contributed by atoms with Crippen molar-refractivity contribution in [3.05, 3.63) is 66.2 Å². The number of amides is 1. The van der Waals surface area contributed by atoms with Crippen molar-refractivity contribution in [2.45, 2.75) is 29.9 Å². The number of likely N-dealkylation sites (tertiary alicyclic amines) is 1. The van der Waals surface area contributed by atoms with E-state index in [2.05, 4.69) is 36.1 Å². The number of rotatable bonds is 4. The third kappa shape index (κ3) is 4.17. The largest absolute Gasteiger partial charge is 0.341 e. The minimum atomic E-state index is -0.163. The summed E-state index contributed by atoms with van der Waals surface area (Å²) in [5, 5.41) is -0.163. The summed E-state index contributed by atoms with van der Waals surface area (Å²) in [5.74, 6) is 0.849. The zero-order chi connectivity index (χ0) is 16.1. The quantitative estimate of drug-likeness (QED) is 0.754. The molecule has 2 nitrogen and oxygen atoms in total. The van der Waals surface area contributed by atoms with E-state index in [-0.39, 0.29) is 11.2 Å². The van der Waals surface area contributed by atoms with E-state index in [1.165, 1.54) is 6.42 Å². The lowest BCUT2D eigenvalue weighted by molar-refractivity contribution is -0.132. The number of piperidine rings is 1. The molecule has 120 valence electrons. The van der Waals surface area contributed by atoms with Crippen molar-refractivity contribution in [3.8, 4) is 0 Å². The minimum Gasteiger partial charge on any atom is -0.341 e. The van der Waals surface area contributed by atoms with Crippen LogP contribution in [0, 0.1) is 5.92 Å². The van der Waals surface area contributed by atoms with Gasteiger partial charge in [-0.3, -0.25) is 4.79 Å². The molecule has 3 rings (SSSR count). The predicted octanol–water partition coefficient (Wildman–Crippen LogP) is 4.78. The van der Waals surface area contributed by atoms with Gasteiger partial charge in [0.05, 0.1) is 0 Å². The molecule has 0 bridgehead atoms. The Labute approximate surface area is 142 Å². The lowest BCUT2D eigenvalue weighted by Gasteiger charge is -2.33. The molecule has 2 aromatic carbocycles. The van der Waals surface area contributed by atoms with E-state index in [9.17, 15) is 4.79 Å². The highest BCUT2D eigenvalue weighted by Crippen LogP contribution is 2.37. The summed E-state index contributed by atoms with van der Waals surface area (Å²) in [7, 11) is 0. The summed E-state index contributed by atoms with van der Waals surface area (Å²) in [6.45, 7) is 4.01. The Morgan fingerprint density at radius 2 is 1.74 bits per heavy atom. The molecule has 0 aliphatic carbocycles. The first-order chi connectivity index (χ1) is 11.2. The average Bonchev–Trinajstić information content (AvgIpc) is 2.61. The Bertz CT molecular complexity index is 629. The first-order valence-electron chi connectivity index (χ1n) is 8.29. The Balaban J connectivity index is 1.84. The smallest absolute Gasteiger partial charge is 0.240 e. The maximum atomic E-state index is 13.2. The molecule has 2 aromatic rings. The Morgan fingerprint density at radius 3 is 2.39 bits per heavy atom. The summed E-state index contributed by atoms with van der Waals surface area (Å²) in [4.78, 5) is 16.3. The summed E-state index contributed by atoms with van der Waals surface area (Å²) < 4.78 is 0. The number of thioether (sulfide) groups is 1. The van der Waals surface area contributed by atoms with Gasteiger partial charge in [0, 0.05) is 18.0 Å². The molecule has 2 atom stereocenters. The van der Waals surface area contributed by atoms with Crippen LogP contribution in [0.25, 0.3) is 0 Å². The molecule has 0 aromatic heterocycles. The fraction of sp³-hybridized carbons (Fsp3) is 0.350. The third-order valence-corrected chi connectivity index (χ3v) is 5.55. The van der Waals surface area contributed by atoms with E-state index in [0.717, 1.165) is 30.0 Å². The van der Waals surface area contributed by atoms with E-state index in [1.807, 2.05) is 36.4 Å². The van der Waals surface area contributed by atoms with Crippen LogP contribution in [0.4, 0.5) is 0 Å². The van der Waals surface area contributed by atoms with Gasteiger partial charge >= 0.3 is 0 Å². The molecule has 0 unspecified atom stereocenters. The van der Waals surface area contributed by atoms with Gasteiger partial charge in [0.25, 0.3) is 0 Å². The van der Waals surface area contributed by atoms with Gasteiger partial charge < -0.3 is 4.90 Å². The van der Waals surface area contributed by atoms with Crippen LogP contribution in [-0.2, 0) is 4.79 Å². The van der Waals surface area contributed by atoms with Gasteiger partial charge in [-0.2, -0.15) is 0 Å². The van der Waals surface area contributed by atoms with Crippen LogP contribution in [-0.4, -0.2) is 23.9 Å². The Kier molecular flexibility index (Phi) is 5.39. The summed E-state index contributed by atoms with van der Waals surface area (Å²) in [6, 6.07) is 20.4. The van der Waals surface area contributed by atoms with Crippen LogP contribution in [0.1, 0.15) is 30.6 Å². The molecule has 1 aliphatic heterocycles. The van der Waals surface area contributed by atoms with Crippen LogP contribution in [0.15, 0.2) is 65.6 Å². The molecular weight excluding hydrogens is 302 g/mol. The van der Waals surface area contributed by atoms with Crippen molar-refractivity contribution in [2.24, 2.45) is 5.92 Å². The topological polar surface area (TPSA) is 20.3 Å².